The summed E-state index contributed by atoms with van der Waals surface area (Å²) in [5.74, 6) is 0. The molecule has 3 heterocycles. The summed E-state index contributed by atoms with van der Waals surface area (Å²) in [6.45, 7) is 4.86. The lowest BCUT2D eigenvalue weighted by Crippen LogP contribution is -2.16. The van der Waals surface area contributed by atoms with Crippen molar-refractivity contribution >= 4 is 40.0 Å². The Hall–Kier alpha value is -2.28. The minimum Gasteiger partial charge on any atom is -0.370 e. The van der Waals surface area contributed by atoms with Crippen molar-refractivity contribution in [2.45, 2.75) is 26.8 Å². The Bertz CT molecular complexity index is 1100. The van der Waals surface area contributed by atoms with Gasteiger partial charge in [0, 0.05) is 48.0 Å². The van der Waals surface area contributed by atoms with Gasteiger partial charge in [-0.05, 0) is 49.7 Å². The van der Waals surface area contributed by atoms with Gasteiger partial charge in [0.15, 0.2) is 0 Å². The minimum absolute atomic E-state index is 0.745. The molecule has 0 unspecified atom stereocenters. The van der Waals surface area contributed by atoms with Gasteiger partial charge in [0.05, 0.1) is 26.3 Å². The Morgan fingerprint density at radius 1 is 1.03 bits per heavy atom. The molecule has 1 aromatic carbocycles. The number of anilines is 1. The fourth-order valence-electron chi connectivity index (χ4n) is 3.13. The van der Waals surface area contributed by atoms with E-state index in [4.69, 9.17) is 16.6 Å². The normalized spacial score (nSPS) is 11.0. The first-order chi connectivity index (χ1) is 14.0. The van der Waals surface area contributed by atoms with Crippen LogP contribution in [0, 0.1) is 13.8 Å². The zero-order chi connectivity index (χ0) is 20.4. The molecule has 0 atom stereocenters. The first-order valence-corrected chi connectivity index (χ1v) is 11.3. The highest BCUT2D eigenvalue weighted by molar-refractivity contribution is 7.15. The Morgan fingerprint density at radius 2 is 1.83 bits per heavy atom. The zero-order valence-electron chi connectivity index (χ0n) is 16.5. The third-order valence-corrected chi connectivity index (χ3v) is 6.79. The number of thiazole rings is 2. The molecule has 0 aliphatic heterocycles. The summed E-state index contributed by atoms with van der Waals surface area (Å²) >= 11 is 9.35. The molecule has 0 N–H and O–H groups in total. The molecule has 0 radical (unpaired) electrons. The molecule has 29 heavy (non-hydrogen) atoms. The van der Waals surface area contributed by atoms with E-state index in [1.54, 1.807) is 22.7 Å². The van der Waals surface area contributed by atoms with Crippen molar-refractivity contribution in [2.24, 2.45) is 0 Å². The molecule has 3 aromatic heterocycles. The van der Waals surface area contributed by atoms with Crippen LogP contribution in [0.5, 0.6) is 0 Å². The molecule has 0 bridgehead atoms. The van der Waals surface area contributed by atoms with Crippen LogP contribution in [0.25, 0.3) is 10.6 Å². The number of rotatable bonds is 6. The molecule has 0 amide bonds. The summed E-state index contributed by atoms with van der Waals surface area (Å²) in [6.07, 6.45) is 2.70. The predicted molar refractivity (Wildman–Crippen MR) is 123 cm³/mol. The number of aryl methyl sites for hydroxylation is 2. The Balaban J connectivity index is 1.41. The van der Waals surface area contributed by atoms with E-state index in [0.29, 0.717) is 0 Å². The Morgan fingerprint density at radius 3 is 2.48 bits per heavy atom. The van der Waals surface area contributed by atoms with E-state index in [9.17, 15) is 0 Å². The van der Waals surface area contributed by atoms with Gasteiger partial charge in [0.2, 0.25) is 0 Å². The summed E-state index contributed by atoms with van der Waals surface area (Å²) in [4.78, 5) is 17.3. The highest BCUT2D eigenvalue weighted by atomic mass is 35.5. The highest BCUT2D eigenvalue weighted by Crippen LogP contribution is 2.31. The van der Waals surface area contributed by atoms with Gasteiger partial charge in [-0.25, -0.2) is 9.97 Å². The van der Waals surface area contributed by atoms with Crippen LogP contribution in [-0.4, -0.2) is 22.0 Å². The number of nitrogens with zero attached hydrogens (tertiary/aromatic N) is 4. The van der Waals surface area contributed by atoms with E-state index in [0.717, 1.165) is 50.8 Å². The van der Waals surface area contributed by atoms with Crippen LogP contribution in [0.1, 0.15) is 27.0 Å². The molecule has 0 aliphatic carbocycles. The largest absolute Gasteiger partial charge is 0.370 e. The fraction of sp³-hybridized carbons (Fsp3) is 0.227. The van der Waals surface area contributed by atoms with Gasteiger partial charge in [-0.3, -0.25) is 4.98 Å². The van der Waals surface area contributed by atoms with Gasteiger partial charge >= 0.3 is 0 Å². The van der Waals surface area contributed by atoms with E-state index >= 15 is 0 Å². The molecule has 7 heteroatoms. The van der Waals surface area contributed by atoms with E-state index in [-0.39, 0.29) is 0 Å². The second-order valence-corrected chi connectivity index (χ2v) is 9.52. The minimum atomic E-state index is 0.745. The molecule has 4 rings (SSSR count). The van der Waals surface area contributed by atoms with Gasteiger partial charge in [0.25, 0.3) is 0 Å². The number of halogens is 1. The van der Waals surface area contributed by atoms with Gasteiger partial charge in [-0.1, -0.05) is 17.7 Å². The number of benzene rings is 1. The van der Waals surface area contributed by atoms with E-state index < -0.39 is 0 Å². The molecule has 4 nitrogen and oxygen atoms in total. The summed E-state index contributed by atoms with van der Waals surface area (Å²) in [5, 5.41) is 5.01. The van der Waals surface area contributed by atoms with Crippen molar-refractivity contribution in [3.63, 3.8) is 0 Å². The van der Waals surface area contributed by atoms with Crippen LogP contribution >= 0.6 is 34.3 Å². The average molecular weight is 441 g/mol. The zero-order valence-corrected chi connectivity index (χ0v) is 18.9. The summed E-state index contributed by atoms with van der Waals surface area (Å²) < 4.78 is 0. The third-order valence-electron chi connectivity index (χ3n) is 4.59. The van der Waals surface area contributed by atoms with Crippen LogP contribution in [0.3, 0.4) is 0 Å². The summed E-state index contributed by atoms with van der Waals surface area (Å²) in [7, 11) is 2.07. The monoisotopic (exact) mass is 440 g/mol. The standard InChI is InChI=1S/C22H21ClN4S2/c1-14-22(29-15(2)25-14)20-13-28-21(26-20)10-18-7-4-16(11-24-18)12-27(3)19-8-5-17(23)6-9-19/h4-9,11,13H,10,12H2,1-3H3. The molecule has 0 saturated carbocycles. The van der Waals surface area contributed by atoms with Crippen molar-refractivity contribution in [3.8, 4) is 10.6 Å². The van der Waals surface area contributed by atoms with Crippen molar-refractivity contribution in [3.05, 3.63) is 80.0 Å². The fourth-order valence-corrected chi connectivity index (χ4v) is 5.02. The molecule has 0 saturated heterocycles. The lowest BCUT2D eigenvalue weighted by Gasteiger charge is -2.19. The molecule has 148 valence electrons. The molecule has 0 fully saturated rings. The van der Waals surface area contributed by atoms with Crippen LogP contribution in [0.4, 0.5) is 5.69 Å². The van der Waals surface area contributed by atoms with Gasteiger partial charge < -0.3 is 4.90 Å². The second-order valence-electron chi connectivity index (χ2n) is 6.94. The Kier molecular flexibility index (Phi) is 5.94. The van der Waals surface area contributed by atoms with Crippen LogP contribution in [0.2, 0.25) is 5.02 Å². The van der Waals surface area contributed by atoms with Crippen molar-refractivity contribution in [2.75, 3.05) is 11.9 Å². The molecule has 0 spiro atoms. The predicted octanol–water partition coefficient (Wildman–Crippen LogP) is 6.16. The van der Waals surface area contributed by atoms with E-state index in [1.807, 2.05) is 44.3 Å². The maximum atomic E-state index is 5.97. The van der Waals surface area contributed by atoms with Crippen LogP contribution < -0.4 is 4.90 Å². The van der Waals surface area contributed by atoms with Gasteiger partial charge in [0.1, 0.15) is 0 Å². The van der Waals surface area contributed by atoms with Crippen molar-refractivity contribution in [1.82, 2.24) is 15.0 Å². The molecular weight excluding hydrogens is 420 g/mol. The highest BCUT2D eigenvalue weighted by Gasteiger charge is 2.12. The van der Waals surface area contributed by atoms with Gasteiger partial charge in [-0.15, -0.1) is 22.7 Å². The van der Waals surface area contributed by atoms with E-state index in [2.05, 4.69) is 39.4 Å². The van der Waals surface area contributed by atoms with Crippen molar-refractivity contribution < 1.29 is 0 Å². The third kappa shape index (κ3) is 4.83. The van der Waals surface area contributed by atoms with Crippen LogP contribution in [0.15, 0.2) is 48.0 Å². The van der Waals surface area contributed by atoms with E-state index in [1.165, 1.54) is 10.4 Å². The number of hydrogen-bond donors (Lipinski definition) is 0. The quantitative estimate of drug-likeness (QED) is 0.360. The van der Waals surface area contributed by atoms with Crippen molar-refractivity contribution in [1.29, 1.82) is 0 Å². The molecule has 0 aliphatic rings. The topological polar surface area (TPSA) is 41.9 Å². The number of pyridine rings is 1. The first kappa shape index (κ1) is 20.0. The number of hydrogen-bond acceptors (Lipinski definition) is 6. The maximum Gasteiger partial charge on any atom is 0.0992 e. The molecular formula is C22H21ClN4S2. The maximum absolute atomic E-state index is 5.97. The number of aromatic nitrogens is 3. The smallest absolute Gasteiger partial charge is 0.0992 e. The van der Waals surface area contributed by atoms with Crippen LogP contribution in [-0.2, 0) is 13.0 Å². The molecule has 4 aromatic rings. The summed E-state index contributed by atoms with van der Waals surface area (Å²) in [5.41, 5.74) is 5.40. The average Bonchev–Trinajstić information content (AvgIpc) is 3.29. The lowest BCUT2D eigenvalue weighted by atomic mass is 10.2. The second kappa shape index (κ2) is 8.61. The lowest BCUT2D eigenvalue weighted by molar-refractivity contribution is 0.907. The first-order valence-electron chi connectivity index (χ1n) is 9.27. The van der Waals surface area contributed by atoms with Gasteiger partial charge in [-0.2, -0.15) is 0 Å². The SMILES string of the molecule is Cc1nc(C)c(-c2csc(Cc3ccc(CN(C)c4ccc(Cl)cc4)cn3)n2)s1. The summed E-state index contributed by atoms with van der Waals surface area (Å²) in [6, 6.07) is 12.1. The Labute approximate surface area is 183 Å².